The first-order valence-corrected chi connectivity index (χ1v) is 11.1. The lowest BCUT2D eigenvalue weighted by atomic mass is 10.0. The molecule has 168 valence electrons. The average molecular weight is 461 g/mol. The van der Waals surface area contributed by atoms with Gasteiger partial charge in [0.1, 0.15) is 11.4 Å². The summed E-state index contributed by atoms with van der Waals surface area (Å²) in [6.45, 7) is 7.64. The van der Waals surface area contributed by atoms with E-state index in [0.29, 0.717) is 33.3 Å². The van der Waals surface area contributed by atoms with Crippen LogP contribution in [0.4, 0.5) is 11.4 Å². The molecule has 2 amide bonds. The van der Waals surface area contributed by atoms with E-state index in [0.717, 1.165) is 11.1 Å². The molecule has 0 radical (unpaired) electrons. The largest absolute Gasteiger partial charge is 0.491 e. The molecule has 0 bridgehead atoms. The zero-order chi connectivity index (χ0) is 23.7. The summed E-state index contributed by atoms with van der Waals surface area (Å²) in [6.07, 6.45) is 0.0318. The van der Waals surface area contributed by atoms with E-state index in [1.807, 2.05) is 52.0 Å². The minimum atomic E-state index is -0.411. The average Bonchev–Trinajstić information content (AvgIpc) is 3.01. The number of benzene rings is 3. The van der Waals surface area contributed by atoms with Gasteiger partial charge in [-0.1, -0.05) is 48.0 Å². The number of halogens is 1. The van der Waals surface area contributed by atoms with Gasteiger partial charge in [-0.25, -0.2) is 4.90 Å². The quantitative estimate of drug-likeness (QED) is 0.449. The highest BCUT2D eigenvalue weighted by Gasteiger charge is 2.41. The molecule has 1 aliphatic rings. The molecule has 0 fully saturated rings. The summed E-state index contributed by atoms with van der Waals surface area (Å²) in [5.41, 5.74) is 4.00. The molecule has 0 spiro atoms. The van der Waals surface area contributed by atoms with Crippen molar-refractivity contribution in [3.05, 3.63) is 94.1 Å². The molecule has 3 aromatic rings. The van der Waals surface area contributed by atoms with Crippen LogP contribution in [0.3, 0.4) is 0 Å². The second-order valence-corrected chi connectivity index (χ2v) is 8.62. The van der Waals surface area contributed by atoms with Crippen LogP contribution >= 0.6 is 11.6 Å². The number of carbonyl (C=O) groups excluding carboxylic acids is 2. The minimum absolute atomic E-state index is 0.0318. The van der Waals surface area contributed by atoms with Crippen LogP contribution in [0.15, 0.2) is 72.4 Å². The SMILES string of the molecule is Cc1ccccc1N1C(=O)C(Nc2cccc(Cl)c2C)=C(c2ccc(OC(C)C)cc2)C1=O. The van der Waals surface area contributed by atoms with Crippen molar-refractivity contribution < 1.29 is 14.3 Å². The molecule has 6 heteroatoms. The van der Waals surface area contributed by atoms with E-state index < -0.39 is 5.91 Å². The van der Waals surface area contributed by atoms with Crippen LogP contribution in [0.1, 0.15) is 30.5 Å². The van der Waals surface area contributed by atoms with E-state index in [1.165, 1.54) is 4.90 Å². The van der Waals surface area contributed by atoms with Crippen LogP contribution in [0.25, 0.3) is 5.57 Å². The fraction of sp³-hybridized carbons (Fsp3) is 0.185. The third kappa shape index (κ3) is 4.37. The molecule has 0 saturated carbocycles. The van der Waals surface area contributed by atoms with Gasteiger partial charge in [0, 0.05) is 10.7 Å². The highest BCUT2D eigenvalue weighted by molar-refractivity contribution is 6.46. The molecule has 0 unspecified atom stereocenters. The number of aryl methyl sites for hydroxylation is 1. The van der Waals surface area contributed by atoms with Gasteiger partial charge < -0.3 is 10.1 Å². The Morgan fingerprint density at radius 1 is 0.879 bits per heavy atom. The van der Waals surface area contributed by atoms with Gasteiger partial charge in [-0.15, -0.1) is 0 Å². The molecule has 0 saturated heterocycles. The van der Waals surface area contributed by atoms with Gasteiger partial charge in [0.15, 0.2) is 0 Å². The van der Waals surface area contributed by atoms with Gasteiger partial charge in [0.25, 0.3) is 11.8 Å². The Balaban J connectivity index is 1.82. The van der Waals surface area contributed by atoms with Crippen LogP contribution in [0.2, 0.25) is 5.02 Å². The Kier molecular flexibility index (Phi) is 6.25. The Labute approximate surface area is 198 Å². The Hall–Kier alpha value is -3.57. The second-order valence-electron chi connectivity index (χ2n) is 8.21. The van der Waals surface area contributed by atoms with Crippen molar-refractivity contribution in [1.82, 2.24) is 0 Å². The third-order valence-corrected chi connectivity index (χ3v) is 5.89. The van der Waals surface area contributed by atoms with Crippen LogP contribution in [0.5, 0.6) is 5.75 Å². The number of para-hydroxylation sites is 1. The van der Waals surface area contributed by atoms with Crippen LogP contribution in [0, 0.1) is 13.8 Å². The van der Waals surface area contributed by atoms with E-state index in [2.05, 4.69) is 5.32 Å². The Bertz CT molecular complexity index is 1260. The van der Waals surface area contributed by atoms with Crippen molar-refractivity contribution in [1.29, 1.82) is 0 Å². The van der Waals surface area contributed by atoms with Crippen LogP contribution in [-0.4, -0.2) is 17.9 Å². The summed E-state index contributed by atoms with van der Waals surface area (Å²) in [6, 6.07) is 20.0. The number of rotatable bonds is 6. The van der Waals surface area contributed by atoms with Crippen molar-refractivity contribution in [2.75, 3.05) is 10.2 Å². The fourth-order valence-electron chi connectivity index (χ4n) is 3.80. The summed E-state index contributed by atoms with van der Waals surface area (Å²) >= 11 is 6.29. The predicted molar refractivity (Wildman–Crippen MR) is 133 cm³/mol. The van der Waals surface area contributed by atoms with Crippen LogP contribution in [-0.2, 0) is 9.59 Å². The molecule has 0 atom stereocenters. The number of imide groups is 1. The van der Waals surface area contributed by atoms with E-state index in [-0.39, 0.29) is 17.7 Å². The standard InChI is InChI=1S/C27H25ClN2O3/c1-16(2)33-20-14-12-19(13-15-20)24-25(29-22-10-7-9-21(28)18(22)4)27(32)30(26(24)31)23-11-6-5-8-17(23)3/h5-16,29H,1-4H3. The zero-order valence-electron chi connectivity index (χ0n) is 19.0. The molecule has 1 aliphatic heterocycles. The minimum Gasteiger partial charge on any atom is -0.491 e. The molecule has 3 aromatic carbocycles. The van der Waals surface area contributed by atoms with E-state index in [9.17, 15) is 9.59 Å². The zero-order valence-corrected chi connectivity index (χ0v) is 19.7. The molecule has 33 heavy (non-hydrogen) atoms. The number of amides is 2. The summed E-state index contributed by atoms with van der Waals surface area (Å²) in [7, 11) is 0. The second kappa shape index (κ2) is 9.12. The van der Waals surface area contributed by atoms with Crippen molar-refractivity contribution in [3.8, 4) is 5.75 Å². The molecule has 4 rings (SSSR count). The number of carbonyl (C=O) groups is 2. The lowest BCUT2D eigenvalue weighted by Crippen LogP contribution is -2.33. The van der Waals surface area contributed by atoms with Crippen molar-refractivity contribution in [2.45, 2.75) is 33.8 Å². The first kappa shape index (κ1) is 22.6. The molecule has 0 aliphatic carbocycles. The lowest BCUT2D eigenvalue weighted by molar-refractivity contribution is -0.120. The lowest BCUT2D eigenvalue weighted by Gasteiger charge is -2.18. The maximum Gasteiger partial charge on any atom is 0.282 e. The van der Waals surface area contributed by atoms with E-state index >= 15 is 0 Å². The topological polar surface area (TPSA) is 58.6 Å². The molecular formula is C27H25ClN2O3. The van der Waals surface area contributed by atoms with Gasteiger partial charge in [-0.3, -0.25) is 9.59 Å². The molecular weight excluding hydrogens is 436 g/mol. The normalized spacial score (nSPS) is 13.8. The molecule has 0 aromatic heterocycles. The molecule has 1 N–H and O–H groups in total. The van der Waals surface area contributed by atoms with Gasteiger partial charge in [-0.05, 0) is 74.7 Å². The summed E-state index contributed by atoms with van der Waals surface area (Å²) in [5, 5.41) is 3.77. The number of nitrogens with one attached hydrogen (secondary N) is 1. The summed E-state index contributed by atoms with van der Waals surface area (Å²) < 4.78 is 5.73. The van der Waals surface area contributed by atoms with Gasteiger partial charge in [0.2, 0.25) is 0 Å². The summed E-state index contributed by atoms with van der Waals surface area (Å²) in [5.74, 6) is -0.0951. The van der Waals surface area contributed by atoms with E-state index in [4.69, 9.17) is 16.3 Å². The first-order chi connectivity index (χ1) is 15.8. The number of hydrogen-bond donors (Lipinski definition) is 1. The highest BCUT2D eigenvalue weighted by atomic mass is 35.5. The van der Waals surface area contributed by atoms with Crippen LogP contribution < -0.4 is 15.0 Å². The van der Waals surface area contributed by atoms with Crippen molar-refractivity contribution >= 4 is 40.4 Å². The molecule has 1 heterocycles. The van der Waals surface area contributed by atoms with Gasteiger partial charge >= 0.3 is 0 Å². The highest BCUT2D eigenvalue weighted by Crippen LogP contribution is 2.36. The first-order valence-electron chi connectivity index (χ1n) is 10.8. The van der Waals surface area contributed by atoms with Gasteiger partial charge in [0.05, 0.1) is 17.4 Å². The maximum absolute atomic E-state index is 13.6. The Morgan fingerprint density at radius 2 is 1.58 bits per heavy atom. The third-order valence-electron chi connectivity index (χ3n) is 5.48. The Morgan fingerprint density at radius 3 is 2.24 bits per heavy atom. The maximum atomic E-state index is 13.6. The monoisotopic (exact) mass is 460 g/mol. The predicted octanol–water partition coefficient (Wildman–Crippen LogP) is 6.14. The number of ether oxygens (including phenoxy) is 1. The van der Waals surface area contributed by atoms with Gasteiger partial charge in [-0.2, -0.15) is 0 Å². The smallest absolute Gasteiger partial charge is 0.282 e. The fourth-order valence-corrected chi connectivity index (χ4v) is 3.97. The van der Waals surface area contributed by atoms with Crippen molar-refractivity contribution in [3.63, 3.8) is 0 Å². The molecule has 5 nitrogen and oxygen atoms in total. The number of anilines is 2. The summed E-state index contributed by atoms with van der Waals surface area (Å²) in [4.78, 5) is 28.5. The number of hydrogen-bond acceptors (Lipinski definition) is 4. The van der Waals surface area contributed by atoms with E-state index in [1.54, 1.807) is 42.5 Å². The number of nitrogens with zero attached hydrogens (tertiary/aromatic N) is 1. The van der Waals surface area contributed by atoms with Crippen molar-refractivity contribution in [2.24, 2.45) is 0 Å².